The Bertz CT molecular complexity index is 849. The first-order chi connectivity index (χ1) is 11.6. The second-order valence-electron chi connectivity index (χ2n) is 5.07. The topological polar surface area (TPSA) is 64.1 Å². The third kappa shape index (κ3) is 3.73. The van der Waals surface area contributed by atoms with Crippen molar-refractivity contribution in [1.29, 1.82) is 0 Å². The van der Waals surface area contributed by atoms with E-state index in [2.05, 4.69) is 15.5 Å². The molecule has 120 valence electrons. The number of para-hydroxylation sites is 1. The molecule has 6 heteroatoms. The number of halogens is 1. The molecule has 0 aliphatic carbocycles. The fourth-order valence-electron chi connectivity index (χ4n) is 1.99. The summed E-state index contributed by atoms with van der Waals surface area (Å²) < 4.78 is 19.1. The van der Waals surface area contributed by atoms with Crippen LogP contribution in [-0.4, -0.2) is 16.1 Å². The number of carbonyl (C=O) groups excluding carboxylic acids is 1. The fourth-order valence-corrected chi connectivity index (χ4v) is 1.99. The Morgan fingerprint density at radius 2 is 1.75 bits per heavy atom. The van der Waals surface area contributed by atoms with Gasteiger partial charge in [-0.3, -0.25) is 4.79 Å². The van der Waals surface area contributed by atoms with Crippen molar-refractivity contribution in [3.63, 3.8) is 0 Å². The van der Waals surface area contributed by atoms with Crippen LogP contribution in [0, 0.1) is 12.7 Å². The number of nitrogens with one attached hydrogen (secondary N) is 1. The van der Waals surface area contributed by atoms with Crippen molar-refractivity contribution in [2.24, 2.45) is 0 Å². The minimum atomic E-state index is -0.483. The van der Waals surface area contributed by atoms with Crippen LogP contribution in [0.25, 0.3) is 0 Å². The van der Waals surface area contributed by atoms with E-state index in [0.717, 1.165) is 5.69 Å². The molecule has 0 bridgehead atoms. The average Bonchev–Trinajstić information content (AvgIpc) is 2.59. The normalized spacial score (nSPS) is 10.2. The zero-order valence-electron chi connectivity index (χ0n) is 12.9. The van der Waals surface area contributed by atoms with Gasteiger partial charge in [-0.05, 0) is 49.4 Å². The van der Waals surface area contributed by atoms with Crippen LogP contribution in [-0.2, 0) is 0 Å². The molecule has 1 N–H and O–H groups in total. The molecule has 0 spiro atoms. The Labute approximate surface area is 138 Å². The molecule has 5 nitrogen and oxygen atoms in total. The number of ether oxygens (including phenoxy) is 1. The second-order valence-corrected chi connectivity index (χ2v) is 5.07. The number of amides is 1. The quantitative estimate of drug-likeness (QED) is 0.789. The maximum atomic E-state index is 13.6. The van der Waals surface area contributed by atoms with Crippen LogP contribution in [0.5, 0.6) is 11.6 Å². The highest BCUT2D eigenvalue weighted by Gasteiger charge is 2.09. The van der Waals surface area contributed by atoms with Crippen LogP contribution in [0.4, 0.5) is 10.1 Å². The molecule has 3 aromatic rings. The lowest BCUT2D eigenvalue weighted by atomic mass is 10.2. The molecule has 2 aromatic carbocycles. The number of anilines is 1. The van der Waals surface area contributed by atoms with Gasteiger partial charge in [0.1, 0.15) is 11.6 Å². The van der Waals surface area contributed by atoms with Gasteiger partial charge in [-0.2, -0.15) is 5.10 Å². The summed E-state index contributed by atoms with van der Waals surface area (Å²) in [6, 6.07) is 16.0. The van der Waals surface area contributed by atoms with Gasteiger partial charge in [0, 0.05) is 11.6 Å². The molecule has 0 unspecified atom stereocenters. The number of aromatic nitrogens is 2. The predicted molar refractivity (Wildman–Crippen MR) is 87.6 cm³/mol. The molecule has 1 amide bonds. The smallest absolute Gasteiger partial charge is 0.255 e. The van der Waals surface area contributed by atoms with Crippen LogP contribution in [0.15, 0.2) is 60.7 Å². The molecule has 0 saturated carbocycles. The summed E-state index contributed by atoms with van der Waals surface area (Å²) in [4.78, 5) is 12.1. The maximum absolute atomic E-state index is 13.6. The number of carbonyl (C=O) groups is 1. The molecule has 1 aromatic heterocycles. The summed E-state index contributed by atoms with van der Waals surface area (Å²) in [5.74, 6) is 0.00489. The highest BCUT2D eigenvalue weighted by molar-refractivity contribution is 6.04. The number of benzene rings is 2. The summed E-state index contributed by atoms with van der Waals surface area (Å²) in [6.07, 6.45) is 0. The van der Waals surface area contributed by atoms with Crippen molar-refractivity contribution in [2.45, 2.75) is 6.92 Å². The minimum Gasteiger partial charge on any atom is -0.438 e. The molecule has 3 rings (SSSR count). The highest BCUT2D eigenvalue weighted by Crippen LogP contribution is 2.20. The molecule has 0 fully saturated rings. The van der Waals surface area contributed by atoms with E-state index >= 15 is 0 Å². The van der Waals surface area contributed by atoms with Gasteiger partial charge in [0.15, 0.2) is 0 Å². The lowest BCUT2D eigenvalue weighted by molar-refractivity contribution is 0.102. The van der Waals surface area contributed by atoms with Crippen molar-refractivity contribution in [1.82, 2.24) is 10.2 Å². The van der Waals surface area contributed by atoms with Crippen LogP contribution in [0.3, 0.4) is 0 Å². The standard InChI is InChI=1S/C18H14FN3O2/c1-12-6-11-17(22-21-12)24-14-9-7-13(8-10-14)18(23)20-16-5-3-2-4-15(16)19/h2-11H,1H3,(H,20,23). The fraction of sp³-hybridized carbons (Fsp3) is 0.0556. The number of hydrogen-bond acceptors (Lipinski definition) is 4. The van der Waals surface area contributed by atoms with Gasteiger partial charge in [0.25, 0.3) is 5.91 Å². The Hall–Kier alpha value is -3.28. The number of hydrogen-bond donors (Lipinski definition) is 1. The van der Waals surface area contributed by atoms with Gasteiger partial charge in [-0.25, -0.2) is 4.39 Å². The van der Waals surface area contributed by atoms with Crippen LogP contribution in [0.1, 0.15) is 16.1 Å². The number of nitrogens with zero attached hydrogens (tertiary/aromatic N) is 2. The first-order valence-corrected chi connectivity index (χ1v) is 7.26. The molecule has 0 aliphatic heterocycles. The van der Waals surface area contributed by atoms with Crippen molar-refractivity contribution >= 4 is 11.6 Å². The lowest BCUT2D eigenvalue weighted by Gasteiger charge is -2.07. The van der Waals surface area contributed by atoms with E-state index in [4.69, 9.17) is 4.74 Å². The third-order valence-electron chi connectivity index (χ3n) is 3.23. The van der Waals surface area contributed by atoms with Gasteiger partial charge in [-0.1, -0.05) is 12.1 Å². The number of aryl methyl sites for hydroxylation is 1. The summed E-state index contributed by atoms with van der Waals surface area (Å²) in [5, 5.41) is 10.3. The van der Waals surface area contributed by atoms with Crippen LogP contribution < -0.4 is 10.1 Å². The van der Waals surface area contributed by atoms with E-state index in [9.17, 15) is 9.18 Å². The van der Waals surface area contributed by atoms with E-state index in [1.807, 2.05) is 6.92 Å². The van der Waals surface area contributed by atoms with Crippen LogP contribution in [0.2, 0.25) is 0 Å². The van der Waals surface area contributed by atoms with Crippen LogP contribution >= 0.6 is 0 Å². The average molecular weight is 323 g/mol. The SMILES string of the molecule is Cc1ccc(Oc2ccc(C(=O)Nc3ccccc3F)cc2)nn1. The molecular formula is C18H14FN3O2. The molecule has 0 aliphatic rings. The molecule has 24 heavy (non-hydrogen) atoms. The number of rotatable bonds is 4. The third-order valence-corrected chi connectivity index (χ3v) is 3.23. The Morgan fingerprint density at radius 1 is 1.00 bits per heavy atom. The van der Waals surface area contributed by atoms with E-state index < -0.39 is 11.7 Å². The van der Waals surface area contributed by atoms with E-state index in [0.29, 0.717) is 17.2 Å². The van der Waals surface area contributed by atoms with E-state index in [-0.39, 0.29) is 5.69 Å². The summed E-state index contributed by atoms with van der Waals surface area (Å²) in [7, 11) is 0. The van der Waals surface area contributed by atoms with Gasteiger partial charge >= 0.3 is 0 Å². The first kappa shape index (κ1) is 15.6. The Morgan fingerprint density at radius 3 is 2.42 bits per heavy atom. The Balaban J connectivity index is 1.68. The van der Waals surface area contributed by atoms with Crippen molar-refractivity contribution in [3.8, 4) is 11.6 Å². The second kappa shape index (κ2) is 6.87. The van der Waals surface area contributed by atoms with E-state index in [1.165, 1.54) is 12.1 Å². The monoisotopic (exact) mass is 323 g/mol. The maximum Gasteiger partial charge on any atom is 0.255 e. The van der Waals surface area contributed by atoms with Crippen molar-refractivity contribution < 1.29 is 13.9 Å². The first-order valence-electron chi connectivity index (χ1n) is 7.26. The van der Waals surface area contributed by atoms with Gasteiger partial charge in [-0.15, -0.1) is 5.10 Å². The zero-order valence-corrected chi connectivity index (χ0v) is 12.9. The van der Waals surface area contributed by atoms with Gasteiger partial charge in [0.2, 0.25) is 5.88 Å². The summed E-state index contributed by atoms with van der Waals surface area (Å²) >= 11 is 0. The molecule has 0 atom stereocenters. The molecule has 0 radical (unpaired) electrons. The highest BCUT2D eigenvalue weighted by atomic mass is 19.1. The van der Waals surface area contributed by atoms with E-state index in [1.54, 1.807) is 48.5 Å². The predicted octanol–water partition coefficient (Wildman–Crippen LogP) is 3.97. The zero-order chi connectivity index (χ0) is 16.9. The molecule has 0 saturated heterocycles. The molecule has 1 heterocycles. The summed E-state index contributed by atoms with van der Waals surface area (Å²) in [5.41, 5.74) is 1.32. The van der Waals surface area contributed by atoms with Gasteiger partial charge in [0.05, 0.1) is 11.4 Å². The lowest BCUT2D eigenvalue weighted by Crippen LogP contribution is -2.12. The Kier molecular flexibility index (Phi) is 4.47. The summed E-state index contributed by atoms with van der Waals surface area (Å²) in [6.45, 7) is 1.83. The molecular weight excluding hydrogens is 309 g/mol. The van der Waals surface area contributed by atoms with Crippen molar-refractivity contribution in [2.75, 3.05) is 5.32 Å². The minimum absolute atomic E-state index is 0.137. The van der Waals surface area contributed by atoms with Gasteiger partial charge < -0.3 is 10.1 Å². The largest absolute Gasteiger partial charge is 0.438 e. The van der Waals surface area contributed by atoms with Crippen molar-refractivity contribution in [3.05, 3.63) is 77.7 Å².